The van der Waals surface area contributed by atoms with Gasteiger partial charge in [0.1, 0.15) is 0 Å². The SMILES string of the molecule is C[C@H]1C[C@H]2[C@@H]3CCC4=CC(=O)C=C[C@]4(C)[C@@]3(F)[C@@H](O)C[C@]2(C)/C1=C/C(=O)O. The minimum atomic E-state index is -1.85. The molecule has 0 spiro atoms. The molecule has 0 bridgehead atoms. The van der Waals surface area contributed by atoms with E-state index in [2.05, 4.69) is 0 Å². The number of fused-ring (bicyclic) bond motifs is 5. The molecule has 0 unspecified atom stereocenters. The zero-order chi connectivity index (χ0) is 19.8. The summed E-state index contributed by atoms with van der Waals surface area (Å²) in [4.78, 5) is 23.2. The molecule has 3 saturated carbocycles. The van der Waals surface area contributed by atoms with Crippen LogP contribution < -0.4 is 0 Å². The van der Waals surface area contributed by atoms with E-state index >= 15 is 4.39 Å². The fourth-order valence-electron chi connectivity index (χ4n) is 6.84. The van der Waals surface area contributed by atoms with Crippen molar-refractivity contribution in [2.24, 2.45) is 28.6 Å². The summed E-state index contributed by atoms with van der Waals surface area (Å²) in [5.41, 5.74) is -1.77. The van der Waals surface area contributed by atoms with Crippen molar-refractivity contribution >= 4 is 11.8 Å². The Hall–Kier alpha value is -1.75. The van der Waals surface area contributed by atoms with Gasteiger partial charge in [-0.25, -0.2) is 9.18 Å². The summed E-state index contributed by atoms with van der Waals surface area (Å²) in [6.45, 7) is 5.79. The monoisotopic (exact) mass is 374 g/mol. The van der Waals surface area contributed by atoms with E-state index < -0.39 is 28.6 Å². The van der Waals surface area contributed by atoms with Crippen LogP contribution >= 0.6 is 0 Å². The fourth-order valence-corrected chi connectivity index (χ4v) is 6.84. The fraction of sp³-hybridized carbons (Fsp3) is 0.636. The highest BCUT2D eigenvalue weighted by Gasteiger charge is 2.70. The number of rotatable bonds is 1. The molecule has 4 aliphatic carbocycles. The molecule has 146 valence electrons. The van der Waals surface area contributed by atoms with E-state index in [0.29, 0.717) is 12.8 Å². The summed E-state index contributed by atoms with van der Waals surface area (Å²) >= 11 is 0. The second kappa shape index (κ2) is 5.63. The van der Waals surface area contributed by atoms with Crippen LogP contribution in [0.1, 0.15) is 46.5 Å². The molecular formula is C22H27FO4. The smallest absolute Gasteiger partial charge is 0.328 e. The molecule has 0 aromatic carbocycles. The van der Waals surface area contributed by atoms with Crippen LogP contribution in [-0.2, 0) is 9.59 Å². The third kappa shape index (κ3) is 2.24. The molecule has 0 radical (unpaired) electrons. The van der Waals surface area contributed by atoms with Gasteiger partial charge in [-0.3, -0.25) is 4.79 Å². The van der Waals surface area contributed by atoms with E-state index in [1.54, 1.807) is 13.0 Å². The molecule has 0 amide bonds. The molecule has 4 aliphatic rings. The number of hydrogen-bond acceptors (Lipinski definition) is 3. The number of alkyl halides is 1. The van der Waals surface area contributed by atoms with Crippen molar-refractivity contribution in [3.63, 3.8) is 0 Å². The van der Waals surface area contributed by atoms with E-state index in [1.807, 2.05) is 13.8 Å². The number of ketones is 1. The van der Waals surface area contributed by atoms with Crippen LogP contribution in [0.25, 0.3) is 0 Å². The summed E-state index contributed by atoms with van der Waals surface area (Å²) in [5.74, 6) is -1.44. The molecular weight excluding hydrogens is 347 g/mol. The third-order valence-electron chi connectivity index (χ3n) is 8.11. The second-order valence-corrected chi connectivity index (χ2v) is 9.34. The summed E-state index contributed by atoms with van der Waals surface area (Å²) in [5, 5.41) is 20.4. The van der Waals surface area contributed by atoms with Gasteiger partial charge in [0.15, 0.2) is 11.5 Å². The third-order valence-corrected chi connectivity index (χ3v) is 8.11. The van der Waals surface area contributed by atoms with Gasteiger partial charge < -0.3 is 10.2 Å². The van der Waals surface area contributed by atoms with Crippen LogP contribution in [-0.4, -0.2) is 33.7 Å². The summed E-state index contributed by atoms with van der Waals surface area (Å²) in [6.07, 6.45) is 6.81. The van der Waals surface area contributed by atoms with Gasteiger partial charge in [-0.2, -0.15) is 0 Å². The number of carbonyl (C=O) groups excluding carboxylic acids is 1. The van der Waals surface area contributed by atoms with Crippen molar-refractivity contribution in [1.82, 2.24) is 0 Å². The molecule has 4 rings (SSSR count). The number of allylic oxidation sites excluding steroid dienone is 5. The van der Waals surface area contributed by atoms with Crippen LogP contribution in [0.2, 0.25) is 0 Å². The van der Waals surface area contributed by atoms with Crippen molar-refractivity contribution in [2.45, 2.75) is 58.2 Å². The van der Waals surface area contributed by atoms with Gasteiger partial charge in [-0.15, -0.1) is 0 Å². The lowest BCUT2D eigenvalue weighted by Crippen LogP contribution is -2.66. The second-order valence-electron chi connectivity index (χ2n) is 9.34. The molecule has 0 aromatic rings. The summed E-state index contributed by atoms with van der Waals surface area (Å²) in [7, 11) is 0. The Bertz CT molecular complexity index is 811. The lowest BCUT2D eigenvalue weighted by atomic mass is 9.45. The first-order valence-corrected chi connectivity index (χ1v) is 9.80. The Morgan fingerprint density at radius 1 is 1.33 bits per heavy atom. The molecule has 4 nitrogen and oxygen atoms in total. The Labute approximate surface area is 158 Å². The van der Waals surface area contributed by atoms with Crippen molar-refractivity contribution in [3.8, 4) is 0 Å². The zero-order valence-electron chi connectivity index (χ0n) is 16.0. The Morgan fingerprint density at radius 3 is 2.70 bits per heavy atom. The van der Waals surface area contributed by atoms with Gasteiger partial charge in [0.2, 0.25) is 0 Å². The van der Waals surface area contributed by atoms with Crippen molar-refractivity contribution in [3.05, 3.63) is 35.5 Å². The van der Waals surface area contributed by atoms with Crippen LogP contribution in [0, 0.1) is 28.6 Å². The van der Waals surface area contributed by atoms with Gasteiger partial charge in [-0.05, 0) is 62.0 Å². The molecule has 0 aliphatic heterocycles. The maximum Gasteiger partial charge on any atom is 0.328 e. The molecule has 0 heterocycles. The van der Waals surface area contributed by atoms with Crippen molar-refractivity contribution < 1.29 is 24.2 Å². The molecule has 3 fully saturated rings. The van der Waals surface area contributed by atoms with Crippen LogP contribution in [0.5, 0.6) is 0 Å². The topological polar surface area (TPSA) is 74.6 Å². The zero-order valence-corrected chi connectivity index (χ0v) is 16.0. The van der Waals surface area contributed by atoms with Crippen LogP contribution in [0.3, 0.4) is 0 Å². The maximum absolute atomic E-state index is 16.8. The average Bonchev–Trinajstić information content (AvgIpc) is 2.81. The number of carboxylic acid groups (broad SMARTS) is 1. The minimum absolute atomic E-state index is 0.0177. The van der Waals surface area contributed by atoms with Gasteiger partial charge in [0, 0.05) is 17.4 Å². The minimum Gasteiger partial charge on any atom is -0.478 e. The Balaban J connectivity index is 1.83. The molecule has 0 saturated heterocycles. The molecule has 5 heteroatoms. The predicted molar refractivity (Wildman–Crippen MR) is 98.6 cm³/mol. The molecule has 2 N–H and O–H groups in total. The largest absolute Gasteiger partial charge is 0.478 e. The van der Waals surface area contributed by atoms with E-state index in [0.717, 1.165) is 17.6 Å². The van der Waals surface area contributed by atoms with Crippen LogP contribution in [0.4, 0.5) is 4.39 Å². The van der Waals surface area contributed by atoms with E-state index in [4.69, 9.17) is 0 Å². The number of aliphatic hydroxyl groups is 1. The first kappa shape index (κ1) is 18.6. The first-order chi connectivity index (χ1) is 12.5. The lowest BCUT2D eigenvalue weighted by Gasteiger charge is -2.61. The summed E-state index contributed by atoms with van der Waals surface area (Å²) < 4.78 is 16.8. The number of halogens is 1. The van der Waals surface area contributed by atoms with E-state index in [9.17, 15) is 19.8 Å². The van der Waals surface area contributed by atoms with Gasteiger partial charge >= 0.3 is 5.97 Å². The first-order valence-electron chi connectivity index (χ1n) is 9.80. The Morgan fingerprint density at radius 2 is 2.04 bits per heavy atom. The van der Waals surface area contributed by atoms with Gasteiger partial charge in [-0.1, -0.05) is 31.1 Å². The van der Waals surface area contributed by atoms with Gasteiger partial charge in [0.25, 0.3) is 0 Å². The van der Waals surface area contributed by atoms with Crippen molar-refractivity contribution in [1.29, 1.82) is 0 Å². The lowest BCUT2D eigenvalue weighted by molar-refractivity contribution is -0.183. The van der Waals surface area contributed by atoms with E-state index in [-0.39, 0.29) is 30.0 Å². The maximum atomic E-state index is 16.8. The highest BCUT2D eigenvalue weighted by Crippen LogP contribution is 2.69. The number of aliphatic carboxylic acids is 1. The number of carbonyl (C=O) groups is 2. The highest BCUT2D eigenvalue weighted by atomic mass is 19.1. The number of aliphatic hydroxyl groups excluding tert-OH is 1. The molecule has 0 aromatic heterocycles. The van der Waals surface area contributed by atoms with Gasteiger partial charge in [0.05, 0.1) is 6.10 Å². The van der Waals surface area contributed by atoms with E-state index in [1.165, 1.54) is 18.2 Å². The number of hydrogen-bond donors (Lipinski definition) is 2. The summed E-state index contributed by atoms with van der Waals surface area (Å²) in [6, 6.07) is 0. The molecule has 7 atom stereocenters. The normalized spacial score (nSPS) is 50.0. The standard InChI is InChI=1S/C22H27FO4/c1-12-8-17-15-5-4-13-9-14(24)6-7-21(13,3)22(15,23)18(25)11-20(17,2)16(12)10-19(26)27/h6-7,9-10,12,15,17-18,25H,4-5,8,11H2,1-3H3,(H,26,27)/b16-10+/t12-,15-,17-,18-,20+,21-,22-/m0/s1. The number of carboxylic acids is 1. The average molecular weight is 374 g/mol. The predicted octanol–water partition coefficient (Wildman–Crippen LogP) is 3.61. The Kier molecular flexibility index (Phi) is 3.88. The highest BCUT2D eigenvalue weighted by molar-refractivity contribution is 6.01. The molecule has 27 heavy (non-hydrogen) atoms. The quantitative estimate of drug-likeness (QED) is 0.688. The van der Waals surface area contributed by atoms with Crippen LogP contribution in [0.15, 0.2) is 35.5 Å². The van der Waals surface area contributed by atoms with Crippen molar-refractivity contribution in [2.75, 3.05) is 0 Å².